The summed E-state index contributed by atoms with van der Waals surface area (Å²) < 4.78 is 5.76. The van der Waals surface area contributed by atoms with Crippen LogP contribution < -0.4 is 0 Å². The molecule has 0 bridgehead atoms. The molecule has 2 atom stereocenters. The van der Waals surface area contributed by atoms with Gasteiger partial charge in [0.25, 0.3) is 0 Å². The van der Waals surface area contributed by atoms with Gasteiger partial charge in [0.15, 0.2) is 0 Å². The van der Waals surface area contributed by atoms with Gasteiger partial charge in [0.1, 0.15) is 0 Å². The van der Waals surface area contributed by atoms with Gasteiger partial charge in [-0.1, -0.05) is 32.8 Å². The Bertz CT molecular complexity index is 182. The molecule has 0 N–H and O–H groups in total. The van der Waals surface area contributed by atoms with E-state index in [1.165, 1.54) is 0 Å². The van der Waals surface area contributed by atoms with Gasteiger partial charge in [-0.2, -0.15) is 0 Å². The lowest BCUT2D eigenvalue weighted by Gasteiger charge is -2.25. The molecule has 5 heteroatoms. The smallest absolute Gasteiger partial charge is 0.369 e. The van der Waals surface area contributed by atoms with Gasteiger partial charge in [0.05, 0.1) is 11.8 Å². The fourth-order valence-corrected chi connectivity index (χ4v) is 3.91. The molecule has 0 saturated carbocycles. The lowest BCUT2D eigenvalue weighted by atomic mass is 10.1. The zero-order chi connectivity index (χ0) is 11.9. The summed E-state index contributed by atoms with van der Waals surface area (Å²) in [5.41, 5.74) is -0.234. The lowest BCUT2D eigenvalue weighted by molar-refractivity contribution is 0.0501. The SMILES string of the molecule is C=CC(CCCC)OC(CC)[Si](Cl)(Cl)Cl. The van der Waals surface area contributed by atoms with Crippen molar-refractivity contribution in [1.82, 2.24) is 0 Å². The first-order valence-electron chi connectivity index (χ1n) is 5.30. The first-order chi connectivity index (χ1) is 6.95. The molecule has 0 aliphatic carbocycles. The van der Waals surface area contributed by atoms with Crippen LogP contribution in [0.2, 0.25) is 0 Å². The van der Waals surface area contributed by atoms with Crippen LogP contribution in [-0.4, -0.2) is 17.8 Å². The molecule has 0 aromatic rings. The maximum atomic E-state index is 5.94. The lowest BCUT2D eigenvalue weighted by Crippen LogP contribution is -2.36. The Morgan fingerprint density at radius 2 is 1.93 bits per heavy atom. The summed E-state index contributed by atoms with van der Waals surface area (Å²) in [6.45, 7) is 7.86. The molecule has 0 aromatic carbocycles. The average Bonchev–Trinajstić information content (AvgIpc) is 2.16. The molecule has 15 heavy (non-hydrogen) atoms. The molecule has 0 heterocycles. The molecule has 0 aromatic heterocycles. The zero-order valence-corrected chi connectivity index (χ0v) is 12.6. The van der Waals surface area contributed by atoms with Crippen LogP contribution in [0.15, 0.2) is 12.7 Å². The monoisotopic (exact) mass is 288 g/mol. The molecule has 2 unspecified atom stereocenters. The topological polar surface area (TPSA) is 9.23 Å². The van der Waals surface area contributed by atoms with E-state index in [0.717, 1.165) is 25.7 Å². The van der Waals surface area contributed by atoms with E-state index in [9.17, 15) is 0 Å². The minimum atomic E-state index is -2.76. The highest BCUT2D eigenvalue weighted by Gasteiger charge is 2.37. The van der Waals surface area contributed by atoms with Crippen molar-refractivity contribution in [2.24, 2.45) is 0 Å². The molecule has 0 amide bonds. The summed E-state index contributed by atoms with van der Waals surface area (Å²) in [4.78, 5) is 0. The van der Waals surface area contributed by atoms with Crippen molar-refractivity contribution >= 4 is 39.2 Å². The predicted molar refractivity (Wildman–Crippen MR) is 72.0 cm³/mol. The molecule has 0 aliphatic rings. The summed E-state index contributed by atoms with van der Waals surface area (Å²) in [5.74, 6) is 0. The van der Waals surface area contributed by atoms with Crippen LogP contribution in [0.1, 0.15) is 39.5 Å². The van der Waals surface area contributed by atoms with Crippen molar-refractivity contribution in [1.29, 1.82) is 0 Å². The number of rotatable bonds is 8. The van der Waals surface area contributed by atoms with Crippen LogP contribution in [0, 0.1) is 0 Å². The average molecular weight is 290 g/mol. The Morgan fingerprint density at radius 1 is 1.33 bits per heavy atom. The quantitative estimate of drug-likeness (QED) is 0.357. The highest BCUT2D eigenvalue weighted by molar-refractivity contribution is 7.65. The van der Waals surface area contributed by atoms with Crippen molar-refractivity contribution in [3.63, 3.8) is 0 Å². The second-order valence-electron chi connectivity index (χ2n) is 3.49. The summed E-state index contributed by atoms with van der Waals surface area (Å²) in [6.07, 6.45) is 5.73. The molecule has 0 fully saturated rings. The minimum Gasteiger partial charge on any atom is -0.370 e. The molecule has 0 radical (unpaired) electrons. The zero-order valence-electron chi connectivity index (χ0n) is 9.31. The van der Waals surface area contributed by atoms with E-state index in [0.29, 0.717) is 0 Å². The van der Waals surface area contributed by atoms with E-state index >= 15 is 0 Å². The van der Waals surface area contributed by atoms with E-state index in [-0.39, 0.29) is 11.8 Å². The fourth-order valence-electron chi connectivity index (χ4n) is 1.26. The Hall–Kier alpha value is 0.787. The van der Waals surface area contributed by atoms with Crippen LogP contribution in [0.3, 0.4) is 0 Å². The Morgan fingerprint density at radius 3 is 2.27 bits per heavy atom. The van der Waals surface area contributed by atoms with Crippen molar-refractivity contribution in [3.8, 4) is 0 Å². The van der Waals surface area contributed by atoms with Crippen molar-refractivity contribution in [2.45, 2.75) is 51.4 Å². The standard InChI is InChI=1S/C10H19Cl3OSi/c1-4-7-8-9(5-2)14-10(6-3)15(11,12)13/h5,9-10H,2,4,6-8H2,1,3H3. The molecular formula is C10H19Cl3OSi. The third-order valence-corrected chi connectivity index (χ3v) is 5.65. The maximum Gasteiger partial charge on any atom is 0.369 e. The van der Waals surface area contributed by atoms with Crippen LogP contribution in [0.4, 0.5) is 0 Å². The molecule has 0 aliphatic heterocycles. The third kappa shape index (κ3) is 6.85. The molecular weight excluding hydrogens is 271 g/mol. The predicted octanol–water partition coefficient (Wildman–Crippen LogP) is 4.72. The van der Waals surface area contributed by atoms with Gasteiger partial charge in [-0.3, -0.25) is 0 Å². The van der Waals surface area contributed by atoms with E-state index in [4.69, 9.17) is 38.0 Å². The Kier molecular flexibility index (Phi) is 8.38. The van der Waals surface area contributed by atoms with E-state index in [1.54, 1.807) is 6.08 Å². The van der Waals surface area contributed by atoms with Crippen LogP contribution >= 0.6 is 33.2 Å². The summed E-state index contributed by atoms with van der Waals surface area (Å²) in [5, 5.41) is 0. The normalized spacial score (nSPS) is 16.1. The van der Waals surface area contributed by atoms with Gasteiger partial charge in [0, 0.05) is 0 Å². The van der Waals surface area contributed by atoms with Gasteiger partial charge in [-0.25, -0.2) is 0 Å². The van der Waals surface area contributed by atoms with E-state index < -0.39 is 6.00 Å². The van der Waals surface area contributed by atoms with Crippen LogP contribution in [0.5, 0.6) is 0 Å². The van der Waals surface area contributed by atoms with Crippen LogP contribution in [-0.2, 0) is 4.74 Å². The number of unbranched alkanes of at least 4 members (excludes halogenated alkanes) is 1. The first-order valence-corrected chi connectivity index (χ1v) is 10.4. The molecule has 90 valence electrons. The van der Waals surface area contributed by atoms with Crippen molar-refractivity contribution in [2.75, 3.05) is 0 Å². The number of halogens is 3. The van der Waals surface area contributed by atoms with Gasteiger partial charge in [-0.05, 0) is 12.8 Å². The van der Waals surface area contributed by atoms with Gasteiger partial charge in [0.2, 0.25) is 0 Å². The highest BCUT2D eigenvalue weighted by Crippen LogP contribution is 2.29. The minimum absolute atomic E-state index is 0.0121. The second-order valence-corrected chi connectivity index (χ2v) is 12.3. The number of hydrogen-bond acceptors (Lipinski definition) is 1. The maximum absolute atomic E-state index is 5.94. The summed E-state index contributed by atoms with van der Waals surface area (Å²) in [6, 6.07) is -2.76. The van der Waals surface area contributed by atoms with Gasteiger partial charge in [-0.15, -0.1) is 39.8 Å². The number of hydrogen-bond donors (Lipinski definition) is 0. The fraction of sp³-hybridized carbons (Fsp3) is 0.800. The van der Waals surface area contributed by atoms with Crippen molar-refractivity contribution < 1.29 is 4.74 Å². The summed E-state index contributed by atoms with van der Waals surface area (Å²) in [7, 11) is 0. The largest absolute Gasteiger partial charge is 0.370 e. The van der Waals surface area contributed by atoms with Crippen molar-refractivity contribution in [3.05, 3.63) is 12.7 Å². The van der Waals surface area contributed by atoms with Gasteiger partial charge >= 0.3 is 6.00 Å². The molecule has 0 rings (SSSR count). The van der Waals surface area contributed by atoms with E-state index in [2.05, 4.69) is 13.5 Å². The third-order valence-electron chi connectivity index (χ3n) is 2.18. The second kappa shape index (κ2) is 7.96. The Balaban J connectivity index is 4.18. The van der Waals surface area contributed by atoms with E-state index in [1.807, 2.05) is 6.92 Å². The van der Waals surface area contributed by atoms with Crippen LogP contribution in [0.25, 0.3) is 0 Å². The molecule has 0 spiro atoms. The number of ether oxygens (including phenoxy) is 1. The molecule has 1 nitrogen and oxygen atoms in total. The van der Waals surface area contributed by atoms with Gasteiger partial charge < -0.3 is 4.74 Å². The Labute approximate surface area is 108 Å². The highest BCUT2D eigenvalue weighted by atomic mass is 35.8. The molecule has 0 saturated heterocycles. The summed E-state index contributed by atoms with van der Waals surface area (Å²) >= 11 is 17.8. The first kappa shape index (κ1) is 15.8.